The van der Waals surface area contributed by atoms with Gasteiger partial charge in [0.25, 0.3) is 0 Å². The lowest BCUT2D eigenvalue weighted by atomic mass is 9.97. The monoisotopic (exact) mass is 417 g/mol. The number of carbonyl (C=O) groups excluding carboxylic acids is 2. The van der Waals surface area contributed by atoms with Gasteiger partial charge in [-0.3, -0.25) is 9.59 Å². The highest BCUT2D eigenvalue weighted by atomic mass is 35.5. The van der Waals surface area contributed by atoms with Gasteiger partial charge in [0.15, 0.2) is 0 Å². The summed E-state index contributed by atoms with van der Waals surface area (Å²) < 4.78 is 13.7. The first kappa shape index (κ1) is 21.3. The second-order valence-electron chi connectivity index (χ2n) is 7.50. The molecular formula is C22H25ClFN3O2. The lowest BCUT2D eigenvalue weighted by Crippen LogP contribution is -2.40. The van der Waals surface area contributed by atoms with Crippen molar-refractivity contribution in [2.24, 2.45) is 5.92 Å². The van der Waals surface area contributed by atoms with Crippen molar-refractivity contribution in [2.75, 3.05) is 25.0 Å². The molecule has 0 aliphatic carbocycles. The molecule has 1 fully saturated rings. The van der Waals surface area contributed by atoms with Crippen molar-refractivity contribution >= 4 is 29.9 Å². The van der Waals surface area contributed by atoms with Gasteiger partial charge in [-0.25, -0.2) is 4.39 Å². The zero-order valence-corrected chi connectivity index (χ0v) is 16.9. The highest BCUT2D eigenvalue weighted by molar-refractivity contribution is 5.92. The van der Waals surface area contributed by atoms with Crippen LogP contribution in [-0.4, -0.2) is 36.3 Å². The molecule has 1 saturated heterocycles. The summed E-state index contributed by atoms with van der Waals surface area (Å²) in [5, 5.41) is 6.09. The Balaban J connectivity index is 0.00000240. The van der Waals surface area contributed by atoms with Crippen molar-refractivity contribution in [3.05, 3.63) is 65.0 Å². The Morgan fingerprint density at radius 1 is 1.17 bits per heavy atom. The fourth-order valence-electron chi connectivity index (χ4n) is 3.97. The van der Waals surface area contributed by atoms with E-state index in [-0.39, 0.29) is 42.4 Å². The SMILES string of the molecule is Cl.O=C(Cc1ccccc1F)Nc1ccc2c(c1)CN(C(=O)C1CCNC1)CC2. The second kappa shape index (κ2) is 9.37. The normalized spacial score (nSPS) is 18.0. The molecule has 4 rings (SSSR count). The standard InChI is InChI=1S/C22H24FN3O2.ClH/c23-20-4-2-1-3-16(20)12-21(27)25-19-6-5-15-8-10-26(14-18(15)11-19)22(28)17-7-9-24-13-17;/h1-6,11,17,24H,7-10,12-14H2,(H,25,27);1H. The number of anilines is 1. The maximum absolute atomic E-state index is 13.7. The number of carbonyl (C=O) groups is 2. The van der Waals surface area contributed by atoms with Crippen LogP contribution in [0.15, 0.2) is 42.5 Å². The fraction of sp³-hybridized carbons (Fsp3) is 0.364. The van der Waals surface area contributed by atoms with E-state index in [1.165, 1.54) is 11.6 Å². The molecular weight excluding hydrogens is 393 g/mol. The van der Waals surface area contributed by atoms with E-state index < -0.39 is 0 Å². The Kier molecular flexibility index (Phi) is 6.87. The van der Waals surface area contributed by atoms with Gasteiger partial charge in [0.05, 0.1) is 12.3 Å². The van der Waals surface area contributed by atoms with Gasteiger partial charge in [0, 0.05) is 25.3 Å². The topological polar surface area (TPSA) is 61.4 Å². The average molecular weight is 418 g/mol. The van der Waals surface area contributed by atoms with Crippen LogP contribution in [0.3, 0.4) is 0 Å². The molecule has 2 aliphatic rings. The van der Waals surface area contributed by atoms with Crippen molar-refractivity contribution in [2.45, 2.75) is 25.8 Å². The molecule has 2 N–H and O–H groups in total. The summed E-state index contributed by atoms with van der Waals surface area (Å²) in [6.07, 6.45) is 1.71. The first-order chi connectivity index (χ1) is 13.6. The van der Waals surface area contributed by atoms with E-state index in [0.717, 1.165) is 38.0 Å². The Labute approximate surface area is 176 Å². The third-order valence-corrected chi connectivity index (χ3v) is 5.53. The van der Waals surface area contributed by atoms with E-state index in [0.29, 0.717) is 17.8 Å². The molecule has 5 nitrogen and oxygen atoms in total. The summed E-state index contributed by atoms with van der Waals surface area (Å²) in [5.41, 5.74) is 3.33. The zero-order chi connectivity index (χ0) is 19.5. The number of amides is 2. The van der Waals surface area contributed by atoms with Gasteiger partial charge in [0.1, 0.15) is 5.82 Å². The van der Waals surface area contributed by atoms with Crippen molar-refractivity contribution in [1.29, 1.82) is 0 Å². The molecule has 0 bridgehead atoms. The third kappa shape index (κ3) is 4.95. The molecule has 2 aliphatic heterocycles. The number of rotatable bonds is 4. The van der Waals surface area contributed by atoms with Gasteiger partial charge in [-0.1, -0.05) is 24.3 Å². The largest absolute Gasteiger partial charge is 0.338 e. The molecule has 2 aromatic rings. The maximum atomic E-state index is 13.7. The van der Waals surface area contributed by atoms with Gasteiger partial charge in [0.2, 0.25) is 11.8 Å². The van der Waals surface area contributed by atoms with Crippen LogP contribution >= 0.6 is 12.4 Å². The molecule has 2 heterocycles. The van der Waals surface area contributed by atoms with Crippen molar-refractivity contribution < 1.29 is 14.0 Å². The molecule has 1 unspecified atom stereocenters. The van der Waals surface area contributed by atoms with E-state index in [2.05, 4.69) is 10.6 Å². The van der Waals surface area contributed by atoms with Gasteiger partial charge in [-0.2, -0.15) is 0 Å². The summed E-state index contributed by atoms with van der Waals surface area (Å²) >= 11 is 0. The predicted molar refractivity (Wildman–Crippen MR) is 113 cm³/mol. The molecule has 154 valence electrons. The average Bonchev–Trinajstić information content (AvgIpc) is 3.23. The Bertz CT molecular complexity index is 899. The minimum absolute atomic E-state index is 0. The van der Waals surface area contributed by atoms with Crippen LogP contribution in [-0.2, 0) is 29.0 Å². The Morgan fingerprint density at radius 2 is 2.00 bits per heavy atom. The number of nitrogens with zero attached hydrogens (tertiary/aromatic N) is 1. The molecule has 0 aromatic heterocycles. The van der Waals surface area contributed by atoms with Crippen LogP contribution in [0.5, 0.6) is 0 Å². The van der Waals surface area contributed by atoms with E-state index in [4.69, 9.17) is 0 Å². The lowest BCUT2D eigenvalue weighted by molar-refractivity contribution is -0.135. The molecule has 2 aromatic carbocycles. The molecule has 7 heteroatoms. The highest BCUT2D eigenvalue weighted by Crippen LogP contribution is 2.25. The van der Waals surface area contributed by atoms with Crippen LogP contribution in [0.2, 0.25) is 0 Å². The van der Waals surface area contributed by atoms with Gasteiger partial charge < -0.3 is 15.5 Å². The van der Waals surface area contributed by atoms with Crippen molar-refractivity contribution in [3.8, 4) is 0 Å². The van der Waals surface area contributed by atoms with Gasteiger partial charge >= 0.3 is 0 Å². The summed E-state index contributed by atoms with van der Waals surface area (Å²) in [5.74, 6) is -0.348. The fourth-order valence-corrected chi connectivity index (χ4v) is 3.97. The van der Waals surface area contributed by atoms with Crippen LogP contribution in [0.4, 0.5) is 10.1 Å². The molecule has 0 spiro atoms. The van der Waals surface area contributed by atoms with E-state index >= 15 is 0 Å². The zero-order valence-electron chi connectivity index (χ0n) is 16.1. The van der Waals surface area contributed by atoms with Crippen LogP contribution < -0.4 is 10.6 Å². The number of hydrogen-bond donors (Lipinski definition) is 2. The van der Waals surface area contributed by atoms with Crippen LogP contribution in [0.1, 0.15) is 23.1 Å². The summed E-state index contributed by atoms with van der Waals surface area (Å²) in [6, 6.07) is 12.1. The minimum atomic E-state index is -0.376. The first-order valence-corrected chi connectivity index (χ1v) is 9.75. The second-order valence-corrected chi connectivity index (χ2v) is 7.50. The maximum Gasteiger partial charge on any atom is 0.228 e. The van der Waals surface area contributed by atoms with Crippen molar-refractivity contribution in [1.82, 2.24) is 10.2 Å². The van der Waals surface area contributed by atoms with E-state index in [9.17, 15) is 14.0 Å². The smallest absolute Gasteiger partial charge is 0.228 e. The molecule has 1 atom stereocenters. The molecule has 29 heavy (non-hydrogen) atoms. The van der Waals surface area contributed by atoms with E-state index in [1.54, 1.807) is 18.2 Å². The van der Waals surface area contributed by atoms with Crippen LogP contribution in [0, 0.1) is 11.7 Å². The van der Waals surface area contributed by atoms with E-state index in [1.807, 2.05) is 23.1 Å². The Morgan fingerprint density at radius 3 is 2.76 bits per heavy atom. The first-order valence-electron chi connectivity index (χ1n) is 9.75. The van der Waals surface area contributed by atoms with Gasteiger partial charge in [-0.15, -0.1) is 12.4 Å². The molecule has 0 radical (unpaired) electrons. The number of halogens is 2. The highest BCUT2D eigenvalue weighted by Gasteiger charge is 2.29. The number of fused-ring (bicyclic) bond motifs is 1. The van der Waals surface area contributed by atoms with Crippen molar-refractivity contribution in [3.63, 3.8) is 0 Å². The number of benzene rings is 2. The summed E-state index contributed by atoms with van der Waals surface area (Å²) in [6.45, 7) is 2.97. The number of hydrogen-bond acceptors (Lipinski definition) is 3. The minimum Gasteiger partial charge on any atom is -0.338 e. The summed E-state index contributed by atoms with van der Waals surface area (Å²) in [4.78, 5) is 26.9. The predicted octanol–water partition coefficient (Wildman–Crippen LogP) is 2.92. The van der Waals surface area contributed by atoms with Gasteiger partial charge in [-0.05, 0) is 54.3 Å². The number of nitrogens with one attached hydrogen (secondary N) is 2. The lowest BCUT2D eigenvalue weighted by Gasteiger charge is -2.31. The molecule has 0 saturated carbocycles. The van der Waals surface area contributed by atoms with Crippen LogP contribution in [0.25, 0.3) is 0 Å². The summed E-state index contributed by atoms with van der Waals surface area (Å²) in [7, 11) is 0. The third-order valence-electron chi connectivity index (χ3n) is 5.53. The quantitative estimate of drug-likeness (QED) is 0.804. The Hall–Kier alpha value is -2.44. The molecule has 2 amide bonds.